The molecule has 0 atom stereocenters. The Bertz CT molecular complexity index is 959. The number of benzene rings is 1. The van der Waals surface area contributed by atoms with E-state index in [0.29, 0.717) is 17.0 Å². The Balaban J connectivity index is 1.79. The summed E-state index contributed by atoms with van der Waals surface area (Å²) in [4.78, 5) is 12.3. The van der Waals surface area contributed by atoms with Gasteiger partial charge in [-0.15, -0.1) is 5.10 Å². The highest BCUT2D eigenvalue weighted by Gasteiger charge is 2.20. The minimum Gasteiger partial charge on any atom is -0.508 e. The number of nitrogen functional groups attached to an aromatic ring is 1. The van der Waals surface area contributed by atoms with E-state index in [1.807, 2.05) is 0 Å². The van der Waals surface area contributed by atoms with Crippen molar-refractivity contribution in [1.82, 2.24) is 30.7 Å². The van der Waals surface area contributed by atoms with E-state index in [4.69, 9.17) is 5.73 Å². The molecule has 1 aromatic carbocycles. The molecule has 0 aliphatic rings. The van der Waals surface area contributed by atoms with Crippen LogP contribution in [-0.2, 0) is 0 Å². The zero-order chi connectivity index (χ0) is 18.0. The predicted octanol–water partition coefficient (Wildman–Crippen LogP) is 0.401. The van der Waals surface area contributed by atoms with Crippen LogP contribution in [0.2, 0.25) is 0 Å². The molecular formula is C14H14N8O3. The summed E-state index contributed by atoms with van der Waals surface area (Å²) in [7, 11) is 0. The van der Waals surface area contributed by atoms with Gasteiger partial charge >= 0.3 is 0 Å². The van der Waals surface area contributed by atoms with Gasteiger partial charge in [-0.25, -0.2) is 10.1 Å². The molecule has 25 heavy (non-hydrogen) atoms. The Morgan fingerprint density at radius 3 is 2.88 bits per heavy atom. The van der Waals surface area contributed by atoms with Crippen LogP contribution in [0.15, 0.2) is 34.0 Å². The largest absolute Gasteiger partial charge is 0.508 e. The second kappa shape index (κ2) is 6.39. The molecule has 2 aromatic heterocycles. The highest BCUT2D eigenvalue weighted by molar-refractivity contribution is 6.00. The third kappa shape index (κ3) is 3.15. The topological polar surface area (TPSA) is 157 Å². The van der Waals surface area contributed by atoms with E-state index in [1.54, 1.807) is 32.0 Å². The first-order valence-electron chi connectivity index (χ1n) is 7.12. The summed E-state index contributed by atoms with van der Waals surface area (Å²) in [6.45, 7) is 3.31. The number of rotatable bonds is 4. The number of nitrogens with one attached hydrogen (secondary N) is 1. The van der Waals surface area contributed by atoms with Crippen LogP contribution in [0.3, 0.4) is 0 Å². The average Bonchev–Trinajstić information content (AvgIpc) is 3.17. The standard InChI is InChI=1S/C14H14N8O3/c1-7(9-4-3-5-10(23)6-9)16-18-14(24)11-8(2)22(21-17-11)13-12(15)19-25-20-13/h3-6,23H,1-2H3,(H2,15,19)(H,18,24)/b16-7-. The van der Waals surface area contributed by atoms with Crippen LogP contribution in [0.25, 0.3) is 5.82 Å². The van der Waals surface area contributed by atoms with Crippen LogP contribution in [0.5, 0.6) is 5.75 Å². The zero-order valence-electron chi connectivity index (χ0n) is 13.3. The molecule has 1 amide bonds. The van der Waals surface area contributed by atoms with Crippen LogP contribution in [0.4, 0.5) is 5.82 Å². The summed E-state index contributed by atoms with van der Waals surface area (Å²) in [5.41, 5.74) is 9.62. The Labute approximate surface area is 141 Å². The quantitative estimate of drug-likeness (QED) is 0.454. The third-order valence-corrected chi connectivity index (χ3v) is 3.39. The molecule has 0 bridgehead atoms. The van der Waals surface area contributed by atoms with E-state index in [0.717, 1.165) is 0 Å². The summed E-state index contributed by atoms with van der Waals surface area (Å²) in [6.07, 6.45) is 0. The number of anilines is 1. The lowest BCUT2D eigenvalue weighted by atomic mass is 10.1. The van der Waals surface area contributed by atoms with Gasteiger partial charge in [0.2, 0.25) is 11.6 Å². The first-order chi connectivity index (χ1) is 12.0. The van der Waals surface area contributed by atoms with E-state index in [2.05, 4.69) is 35.8 Å². The van der Waals surface area contributed by atoms with Crippen molar-refractivity contribution >= 4 is 17.4 Å². The van der Waals surface area contributed by atoms with Crippen LogP contribution in [0.1, 0.15) is 28.7 Å². The van der Waals surface area contributed by atoms with Crippen LogP contribution in [-0.4, -0.2) is 42.0 Å². The number of nitrogens with two attached hydrogens (primary N) is 1. The Morgan fingerprint density at radius 1 is 1.40 bits per heavy atom. The van der Waals surface area contributed by atoms with Crippen molar-refractivity contribution in [3.05, 3.63) is 41.2 Å². The molecule has 11 heteroatoms. The van der Waals surface area contributed by atoms with Gasteiger partial charge in [-0.05, 0) is 36.3 Å². The lowest BCUT2D eigenvalue weighted by Crippen LogP contribution is -2.21. The molecule has 0 saturated heterocycles. The summed E-state index contributed by atoms with van der Waals surface area (Å²) < 4.78 is 5.75. The minimum atomic E-state index is -0.557. The molecule has 11 nitrogen and oxygen atoms in total. The van der Waals surface area contributed by atoms with Crippen LogP contribution >= 0.6 is 0 Å². The number of amides is 1. The number of phenols is 1. The number of phenolic OH excluding ortho intramolecular Hbond substituents is 1. The number of carbonyl (C=O) groups excluding carboxylic acids is 1. The van der Waals surface area contributed by atoms with E-state index in [1.165, 1.54) is 10.7 Å². The van der Waals surface area contributed by atoms with Crippen molar-refractivity contribution in [3.63, 3.8) is 0 Å². The molecule has 2 heterocycles. The number of carbonyl (C=O) groups is 1. The molecule has 3 rings (SSSR count). The second-order valence-electron chi connectivity index (χ2n) is 5.10. The van der Waals surface area contributed by atoms with E-state index in [9.17, 15) is 9.90 Å². The summed E-state index contributed by atoms with van der Waals surface area (Å²) in [5, 5.41) is 28.2. The molecule has 4 N–H and O–H groups in total. The lowest BCUT2D eigenvalue weighted by Gasteiger charge is -2.03. The number of hydrogen-bond acceptors (Lipinski definition) is 9. The lowest BCUT2D eigenvalue weighted by molar-refractivity contribution is 0.0949. The number of aromatic hydroxyl groups is 1. The first kappa shape index (κ1) is 16.1. The fourth-order valence-corrected chi connectivity index (χ4v) is 2.06. The van der Waals surface area contributed by atoms with Gasteiger partial charge in [0.05, 0.1) is 11.4 Å². The molecule has 3 aromatic rings. The smallest absolute Gasteiger partial charge is 0.293 e. The molecule has 128 valence electrons. The van der Waals surface area contributed by atoms with Gasteiger partial charge in [0, 0.05) is 5.56 Å². The van der Waals surface area contributed by atoms with Gasteiger partial charge in [-0.3, -0.25) is 4.79 Å². The van der Waals surface area contributed by atoms with E-state index in [-0.39, 0.29) is 23.1 Å². The minimum absolute atomic E-state index is 0.0257. The maximum atomic E-state index is 12.3. The number of hydrazone groups is 1. The number of nitrogens with zero attached hydrogens (tertiary/aromatic N) is 6. The molecule has 0 radical (unpaired) electrons. The molecule has 0 aliphatic carbocycles. The molecular weight excluding hydrogens is 328 g/mol. The molecule has 0 spiro atoms. The maximum absolute atomic E-state index is 12.3. The van der Waals surface area contributed by atoms with Crippen molar-refractivity contribution < 1.29 is 14.5 Å². The van der Waals surface area contributed by atoms with Crippen molar-refractivity contribution in [1.29, 1.82) is 0 Å². The van der Waals surface area contributed by atoms with Crippen LogP contribution in [0, 0.1) is 6.92 Å². The average molecular weight is 342 g/mol. The van der Waals surface area contributed by atoms with Gasteiger partial charge in [0.1, 0.15) is 5.75 Å². The van der Waals surface area contributed by atoms with E-state index < -0.39 is 5.91 Å². The van der Waals surface area contributed by atoms with Crippen molar-refractivity contribution in [2.45, 2.75) is 13.8 Å². The maximum Gasteiger partial charge on any atom is 0.293 e. The van der Waals surface area contributed by atoms with Crippen molar-refractivity contribution in [2.75, 3.05) is 5.73 Å². The Hall–Kier alpha value is -3.76. The highest BCUT2D eigenvalue weighted by atomic mass is 16.6. The van der Waals surface area contributed by atoms with Crippen LogP contribution < -0.4 is 11.2 Å². The fraction of sp³-hybridized carbons (Fsp3) is 0.143. The van der Waals surface area contributed by atoms with Gasteiger partial charge in [-0.2, -0.15) is 9.78 Å². The van der Waals surface area contributed by atoms with Gasteiger partial charge in [-0.1, -0.05) is 17.3 Å². The number of aromatic nitrogens is 5. The van der Waals surface area contributed by atoms with Crippen molar-refractivity contribution in [2.24, 2.45) is 5.10 Å². The fourth-order valence-electron chi connectivity index (χ4n) is 2.06. The van der Waals surface area contributed by atoms with E-state index >= 15 is 0 Å². The van der Waals surface area contributed by atoms with Gasteiger partial charge < -0.3 is 10.8 Å². The SMILES string of the molecule is C/C(=N/NC(=O)c1nnn(-c2nonc2N)c1C)c1cccc(O)c1. The zero-order valence-corrected chi connectivity index (χ0v) is 13.3. The predicted molar refractivity (Wildman–Crippen MR) is 86.1 cm³/mol. The Kier molecular flexibility index (Phi) is 4.12. The normalized spacial score (nSPS) is 11.5. The molecule has 0 aliphatic heterocycles. The van der Waals surface area contributed by atoms with Gasteiger partial charge in [0.25, 0.3) is 5.91 Å². The molecule has 0 unspecified atom stereocenters. The third-order valence-electron chi connectivity index (χ3n) is 3.39. The monoisotopic (exact) mass is 342 g/mol. The summed E-state index contributed by atoms with van der Waals surface area (Å²) in [5.74, 6) is -0.282. The number of hydrogen-bond donors (Lipinski definition) is 3. The molecule has 0 fully saturated rings. The molecule has 0 saturated carbocycles. The van der Waals surface area contributed by atoms with Gasteiger partial charge in [0.15, 0.2) is 5.69 Å². The first-order valence-corrected chi connectivity index (χ1v) is 7.12. The summed E-state index contributed by atoms with van der Waals surface area (Å²) in [6, 6.07) is 6.51. The van der Waals surface area contributed by atoms with Crippen molar-refractivity contribution in [3.8, 4) is 11.6 Å². The second-order valence-corrected chi connectivity index (χ2v) is 5.10. The summed E-state index contributed by atoms with van der Waals surface area (Å²) >= 11 is 0. The Morgan fingerprint density at radius 2 is 2.20 bits per heavy atom. The highest BCUT2D eigenvalue weighted by Crippen LogP contribution is 2.15.